The zero-order chi connectivity index (χ0) is 10.8. The average molecular weight is 285 g/mol. The molecule has 0 bridgehead atoms. The molecule has 1 fully saturated rings. The van der Waals surface area contributed by atoms with E-state index in [2.05, 4.69) is 15.9 Å². The van der Waals surface area contributed by atoms with Gasteiger partial charge in [0.2, 0.25) is 15.9 Å². The molecule has 0 aromatic heterocycles. The second-order valence-electron chi connectivity index (χ2n) is 3.22. The van der Waals surface area contributed by atoms with Crippen LogP contribution in [0.25, 0.3) is 0 Å². The number of amides is 1. The SMILES string of the molecule is CN1CCCN(S(=O)(=O)CBr)CC1=O. The van der Waals surface area contributed by atoms with Gasteiger partial charge in [0.1, 0.15) is 4.66 Å². The van der Waals surface area contributed by atoms with Crippen LogP contribution < -0.4 is 0 Å². The molecule has 0 aliphatic carbocycles. The standard InChI is InChI=1S/C7H13BrN2O3S/c1-9-3-2-4-10(5-7(9)11)14(12,13)6-8/h2-6H2,1H3. The molecule has 1 saturated heterocycles. The highest BCUT2D eigenvalue weighted by atomic mass is 79.9. The second-order valence-corrected chi connectivity index (χ2v) is 6.50. The predicted molar refractivity (Wildman–Crippen MR) is 56.5 cm³/mol. The van der Waals surface area contributed by atoms with Crippen molar-refractivity contribution in [3.63, 3.8) is 0 Å². The monoisotopic (exact) mass is 284 g/mol. The van der Waals surface area contributed by atoms with E-state index in [0.717, 1.165) is 0 Å². The maximum atomic E-state index is 11.5. The lowest BCUT2D eigenvalue weighted by atomic mass is 10.4. The van der Waals surface area contributed by atoms with Gasteiger partial charge in [-0.3, -0.25) is 4.79 Å². The minimum atomic E-state index is -3.30. The Morgan fingerprint density at radius 2 is 2.07 bits per heavy atom. The number of sulfonamides is 1. The molecule has 0 unspecified atom stereocenters. The smallest absolute Gasteiger partial charge is 0.237 e. The van der Waals surface area contributed by atoms with E-state index in [-0.39, 0.29) is 17.1 Å². The van der Waals surface area contributed by atoms with Crippen molar-refractivity contribution in [1.29, 1.82) is 0 Å². The molecule has 1 heterocycles. The molecule has 0 aromatic carbocycles. The number of rotatable bonds is 2. The molecule has 14 heavy (non-hydrogen) atoms. The summed E-state index contributed by atoms with van der Waals surface area (Å²) in [6.45, 7) is 1.00. The van der Waals surface area contributed by atoms with Crippen molar-refractivity contribution in [2.75, 3.05) is 31.3 Å². The van der Waals surface area contributed by atoms with E-state index in [1.54, 1.807) is 11.9 Å². The predicted octanol–water partition coefficient (Wildman–Crippen LogP) is -0.167. The molecule has 5 nitrogen and oxygen atoms in total. The van der Waals surface area contributed by atoms with Crippen LogP contribution in [0.3, 0.4) is 0 Å². The summed E-state index contributed by atoms with van der Waals surface area (Å²) in [5, 5.41) is 0. The molecular weight excluding hydrogens is 272 g/mol. The third-order valence-electron chi connectivity index (χ3n) is 2.17. The second kappa shape index (κ2) is 4.59. The van der Waals surface area contributed by atoms with Crippen molar-refractivity contribution in [1.82, 2.24) is 9.21 Å². The van der Waals surface area contributed by atoms with E-state index < -0.39 is 10.0 Å². The fourth-order valence-electron chi connectivity index (χ4n) is 1.27. The largest absolute Gasteiger partial charge is 0.345 e. The third-order valence-corrected chi connectivity index (χ3v) is 5.28. The summed E-state index contributed by atoms with van der Waals surface area (Å²) in [4.78, 5) is 13.0. The molecule has 0 N–H and O–H groups in total. The Hall–Kier alpha value is -0.140. The van der Waals surface area contributed by atoms with Crippen LogP contribution in [0.5, 0.6) is 0 Å². The summed E-state index contributed by atoms with van der Waals surface area (Å²) in [7, 11) is -1.61. The summed E-state index contributed by atoms with van der Waals surface area (Å²) in [5.41, 5.74) is 0. The molecule has 0 spiro atoms. The van der Waals surface area contributed by atoms with Crippen molar-refractivity contribution < 1.29 is 13.2 Å². The van der Waals surface area contributed by atoms with Crippen molar-refractivity contribution in [2.24, 2.45) is 0 Å². The van der Waals surface area contributed by atoms with Crippen molar-refractivity contribution >= 4 is 31.9 Å². The van der Waals surface area contributed by atoms with Crippen LogP contribution in [-0.2, 0) is 14.8 Å². The van der Waals surface area contributed by atoms with Gasteiger partial charge in [0, 0.05) is 20.1 Å². The zero-order valence-electron chi connectivity index (χ0n) is 7.94. The van der Waals surface area contributed by atoms with E-state index in [0.29, 0.717) is 19.5 Å². The molecule has 1 aliphatic rings. The van der Waals surface area contributed by atoms with Gasteiger partial charge in [0.25, 0.3) is 0 Å². The molecule has 1 aliphatic heterocycles. The lowest BCUT2D eigenvalue weighted by molar-refractivity contribution is -0.129. The van der Waals surface area contributed by atoms with Crippen molar-refractivity contribution in [3.05, 3.63) is 0 Å². The number of nitrogens with zero attached hydrogens (tertiary/aromatic N) is 2. The molecule has 0 radical (unpaired) electrons. The van der Waals surface area contributed by atoms with Gasteiger partial charge in [-0.05, 0) is 6.42 Å². The Balaban J connectivity index is 2.78. The third kappa shape index (κ3) is 2.68. The fraction of sp³-hybridized carbons (Fsp3) is 0.857. The number of alkyl halides is 1. The van der Waals surface area contributed by atoms with E-state index in [1.165, 1.54) is 4.31 Å². The first kappa shape index (κ1) is 11.9. The highest BCUT2D eigenvalue weighted by molar-refractivity contribution is 9.10. The van der Waals surface area contributed by atoms with E-state index in [4.69, 9.17) is 0 Å². The van der Waals surface area contributed by atoms with Gasteiger partial charge in [-0.15, -0.1) is 0 Å². The Kier molecular flexibility index (Phi) is 3.91. The molecule has 1 rings (SSSR count). The van der Waals surface area contributed by atoms with E-state index in [9.17, 15) is 13.2 Å². The highest BCUT2D eigenvalue weighted by Gasteiger charge is 2.27. The Labute approximate surface area is 92.2 Å². The van der Waals surface area contributed by atoms with Gasteiger partial charge in [-0.1, -0.05) is 15.9 Å². The van der Waals surface area contributed by atoms with Crippen LogP contribution in [0, 0.1) is 0 Å². The number of hydrogen-bond donors (Lipinski definition) is 0. The van der Waals surface area contributed by atoms with Crippen molar-refractivity contribution in [3.8, 4) is 0 Å². The highest BCUT2D eigenvalue weighted by Crippen LogP contribution is 2.10. The fourth-order valence-corrected chi connectivity index (χ4v) is 2.99. The molecule has 0 saturated carbocycles. The Bertz CT molecular complexity index is 317. The van der Waals surface area contributed by atoms with Crippen LogP contribution in [0.15, 0.2) is 0 Å². The quantitative estimate of drug-likeness (QED) is 0.662. The maximum Gasteiger partial charge on any atom is 0.237 e. The lowest BCUT2D eigenvalue weighted by Gasteiger charge is -2.17. The number of halogens is 1. The summed E-state index contributed by atoms with van der Waals surface area (Å²) >= 11 is 2.91. The van der Waals surface area contributed by atoms with Crippen LogP contribution in [-0.4, -0.2) is 54.9 Å². The number of likely N-dealkylation sites (N-methyl/N-ethyl adjacent to an activating group) is 1. The first-order valence-corrected chi connectivity index (χ1v) is 6.98. The molecule has 7 heteroatoms. The first-order chi connectivity index (χ1) is 6.47. The minimum Gasteiger partial charge on any atom is -0.345 e. The van der Waals surface area contributed by atoms with Gasteiger partial charge in [0.15, 0.2) is 0 Å². The van der Waals surface area contributed by atoms with Crippen LogP contribution >= 0.6 is 15.9 Å². The Morgan fingerprint density at radius 3 is 2.64 bits per heavy atom. The summed E-state index contributed by atoms with van der Waals surface area (Å²) in [6, 6.07) is 0. The van der Waals surface area contributed by atoms with E-state index in [1.807, 2.05) is 0 Å². The van der Waals surface area contributed by atoms with Gasteiger partial charge in [0.05, 0.1) is 6.54 Å². The van der Waals surface area contributed by atoms with Crippen LogP contribution in [0.4, 0.5) is 0 Å². The molecular formula is C7H13BrN2O3S. The summed E-state index contributed by atoms with van der Waals surface area (Å²) < 4.78 is 24.0. The number of hydrogen-bond acceptors (Lipinski definition) is 3. The molecule has 0 atom stereocenters. The van der Waals surface area contributed by atoms with E-state index >= 15 is 0 Å². The molecule has 82 valence electrons. The Morgan fingerprint density at radius 1 is 1.43 bits per heavy atom. The van der Waals surface area contributed by atoms with Gasteiger partial charge < -0.3 is 4.90 Å². The topological polar surface area (TPSA) is 57.7 Å². The maximum absolute atomic E-state index is 11.5. The summed E-state index contributed by atoms with van der Waals surface area (Å²) in [5.74, 6) is -0.146. The average Bonchev–Trinajstić information content (AvgIpc) is 2.30. The van der Waals surface area contributed by atoms with Crippen molar-refractivity contribution in [2.45, 2.75) is 6.42 Å². The number of carbonyl (C=O) groups is 1. The first-order valence-electron chi connectivity index (χ1n) is 4.25. The summed E-state index contributed by atoms with van der Waals surface area (Å²) in [6.07, 6.45) is 0.689. The van der Waals surface area contributed by atoms with Gasteiger partial charge in [-0.2, -0.15) is 4.31 Å². The lowest BCUT2D eigenvalue weighted by Crippen LogP contribution is -2.38. The molecule has 1 amide bonds. The normalized spacial score (nSPS) is 21.0. The minimum absolute atomic E-state index is 0.0373. The van der Waals surface area contributed by atoms with Gasteiger partial charge >= 0.3 is 0 Å². The van der Waals surface area contributed by atoms with Crippen LogP contribution in [0.1, 0.15) is 6.42 Å². The van der Waals surface area contributed by atoms with Crippen LogP contribution in [0.2, 0.25) is 0 Å². The zero-order valence-corrected chi connectivity index (χ0v) is 10.3. The van der Waals surface area contributed by atoms with Gasteiger partial charge in [-0.25, -0.2) is 8.42 Å². The number of carbonyl (C=O) groups excluding carboxylic acids is 1. The molecule has 0 aromatic rings.